The van der Waals surface area contributed by atoms with E-state index in [9.17, 15) is 19.7 Å². The minimum Gasteiger partial charge on any atom is -0.410 e. The fraction of sp³-hybridized carbons (Fsp3) is 0.579. The third-order valence-corrected chi connectivity index (χ3v) is 5.24. The van der Waals surface area contributed by atoms with E-state index in [1.165, 1.54) is 24.3 Å². The zero-order chi connectivity index (χ0) is 19.9. The van der Waals surface area contributed by atoms with Crippen molar-refractivity contribution >= 4 is 17.7 Å². The molecule has 2 fully saturated rings. The molecule has 1 aliphatic carbocycles. The van der Waals surface area contributed by atoms with Gasteiger partial charge in [0, 0.05) is 25.2 Å². The van der Waals surface area contributed by atoms with Crippen molar-refractivity contribution in [3.05, 3.63) is 34.4 Å². The van der Waals surface area contributed by atoms with Crippen molar-refractivity contribution in [2.75, 3.05) is 26.3 Å². The van der Waals surface area contributed by atoms with E-state index in [0.717, 1.165) is 32.1 Å². The lowest BCUT2D eigenvalue weighted by atomic mass is 9.83. The highest BCUT2D eigenvalue weighted by Crippen LogP contribution is 2.28. The van der Waals surface area contributed by atoms with E-state index in [2.05, 4.69) is 5.32 Å². The number of hydrogen-bond donors (Lipinski definition) is 1. The molecule has 1 saturated carbocycles. The smallest absolute Gasteiger partial charge is 0.410 e. The summed E-state index contributed by atoms with van der Waals surface area (Å²) < 4.78 is 10.5. The maximum Gasteiger partial charge on any atom is 0.413 e. The first-order valence-electron chi connectivity index (χ1n) is 9.64. The highest BCUT2D eigenvalue weighted by molar-refractivity contribution is 5.86. The Bertz CT molecular complexity index is 696. The molecule has 152 valence electrons. The van der Waals surface area contributed by atoms with Crippen LogP contribution >= 0.6 is 0 Å². The number of carbonyl (C=O) groups excluding carboxylic acids is 2. The Kier molecular flexibility index (Phi) is 6.80. The summed E-state index contributed by atoms with van der Waals surface area (Å²) in [7, 11) is 0. The van der Waals surface area contributed by atoms with E-state index in [1.807, 2.05) is 0 Å². The maximum atomic E-state index is 13.0. The molecule has 28 heavy (non-hydrogen) atoms. The number of morpholine rings is 1. The summed E-state index contributed by atoms with van der Waals surface area (Å²) in [6.45, 7) is 2.02. The lowest BCUT2D eigenvalue weighted by Gasteiger charge is -2.35. The molecule has 0 unspecified atom stereocenters. The van der Waals surface area contributed by atoms with Crippen molar-refractivity contribution < 1.29 is 24.0 Å². The van der Waals surface area contributed by atoms with E-state index in [4.69, 9.17) is 9.47 Å². The number of nitrogens with zero attached hydrogens (tertiary/aromatic N) is 2. The molecule has 1 atom stereocenters. The topological polar surface area (TPSA) is 111 Å². The molecule has 1 heterocycles. The Morgan fingerprint density at radius 3 is 2.39 bits per heavy atom. The predicted molar refractivity (Wildman–Crippen MR) is 100 cm³/mol. The third kappa shape index (κ3) is 5.19. The Morgan fingerprint density at radius 1 is 1.14 bits per heavy atom. The van der Waals surface area contributed by atoms with Crippen LogP contribution in [0.25, 0.3) is 0 Å². The molecule has 1 saturated heterocycles. The summed E-state index contributed by atoms with van der Waals surface area (Å²) in [4.78, 5) is 37.4. The van der Waals surface area contributed by atoms with E-state index in [1.54, 1.807) is 4.90 Å². The van der Waals surface area contributed by atoms with Crippen molar-refractivity contribution in [3.63, 3.8) is 0 Å². The normalized spacial score (nSPS) is 18.9. The number of amides is 2. The van der Waals surface area contributed by atoms with Gasteiger partial charge in [-0.05, 0) is 30.9 Å². The number of nitro benzene ring substituents is 1. The van der Waals surface area contributed by atoms with Crippen LogP contribution in [0.5, 0.6) is 5.75 Å². The Labute approximate surface area is 163 Å². The predicted octanol–water partition coefficient (Wildman–Crippen LogP) is 2.49. The largest absolute Gasteiger partial charge is 0.413 e. The molecule has 1 aromatic rings. The standard InChI is InChI=1S/C19H25N3O6/c23-18(21-10-12-27-13-11-21)17(14-4-2-1-3-5-14)20-19(24)28-16-8-6-15(7-9-16)22(25)26/h6-9,14,17H,1-5,10-13H2,(H,20,24)/t17-/m0/s1. The number of nitro groups is 1. The van der Waals surface area contributed by atoms with Gasteiger partial charge in [-0.2, -0.15) is 0 Å². The lowest BCUT2D eigenvalue weighted by Crippen LogP contribution is -2.55. The van der Waals surface area contributed by atoms with Gasteiger partial charge in [0.15, 0.2) is 0 Å². The molecular weight excluding hydrogens is 366 g/mol. The van der Waals surface area contributed by atoms with Crippen LogP contribution in [0.2, 0.25) is 0 Å². The van der Waals surface area contributed by atoms with Gasteiger partial charge in [0.1, 0.15) is 11.8 Å². The summed E-state index contributed by atoms with van der Waals surface area (Å²) in [5, 5.41) is 13.5. The van der Waals surface area contributed by atoms with Gasteiger partial charge in [0.2, 0.25) is 5.91 Å². The average Bonchev–Trinajstić information content (AvgIpc) is 2.73. The van der Waals surface area contributed by atoms with E-state index >= 15 is 0 Å². The first-order valence-corrected chi connectivity index (χ1v) is 9.64. The number of hydrogen-bond acceptors (Lipinski definition) is 6. The van der Waals surface area contributed by atoms with Gasteiger partial charge in [-0.1, -0.05) is 19.3 Å². The molecule has 1 aromatic carbocycles. The van der Waals surface area contributed by atoms with E-state index in [-0.39, 0.29) is 23.3 Å². The van der Waals surface area contributed by atoms with E-state index < -0.39 is 17.1 Å². The zero-order valence-corrected chi connectivity index (χ0v) is 15.7. The lowest BCUT2D eigenvalue weighted by molar-refractivity contribution is -0.384. The summed E-state index contributed by atoms with van der Waals surface area (Å²) in [6, 6.07) is 4.61. The van der Waals surface area contributed by atoms with Crippen molar-refractivity contribution in [3.8, 4) is 5.75 Å². The van der Waals surface area contributed by atoms with Crippen molar-refractivity contribution in [1.82, 2.24) is 10.2 Å². The fourth-order valence-corrected chi connectivity index (χ4v) is 3.73. The third-order valence-electron chi connectivity index (χ3n) is 5.24. The number of nitrogens with one attached hydrogen (secondary N) is 1. The molecule has 2 amide bonds. The SMILES string of the molecule is O=C(N[C@H](C(=O)N1CCOCC1)C1CCCCC1)Oc1ccc([N+](=O)[O-])cc1. The molecule has 0 spiro atoms. The van der Waals surface area contributed by atoms with Crippen LogP contribution in [0.1, 0.15) is 32.1 Å². The number of carbonyl (C=O) groups is 2. The Morgan fingerprint density at radius 2 is 1.79 bits per heavy atom. The Balaban J connectivity index is 1.66. The quantitative estimate of drug-likeness (QED) is 0.610. The Hall–Kier alpha value is -2.68. The highest BCUT2D eigenvalue weighted by Gasteiger charge is 2.34. The number of rotatable bonds is 5. The molecule has 0 radical (unpaired) electrons. The molecule has 0 bridgehead atoms. The number of ether oxygens (including phenoxy) is 2. The summed E-state index contributed by atoms with van der Waals surface area (Å²) in [5.74, 6) is 0.161. The summed E-state index contributed by atoms with van der Waals surface area (Å²) in [6.07, 6.45) is 4.26. The van der Waals surface area contributed by atoms with Crippen molar-refractivity contribution in [2.24, 2.45) is 5.92 Å². The van der Waals surface area contributed by atoms with Crippen molar-refractivity contribution in [2.45, 2.75) is 38.1 Å². The van der Waals surface area contributed by atoms with Crippen LogP contribution in [-0.4, -0.2) is 54.2 Å². The first kappa shape index (κ1) is 20.1. The van der Waals surface area contributed by atoms with E-state index in [0.29, 0.717) is 26.3 Å². The molecular formula is C19H25N3O6. The van der Waals surface area contributed by atoms with Crippen LogP contribution in [0, 0.1) is 16.0 Å². The fourth-order valence-electron chi connectivity index (χ4n) is 3.73. The van der Waals surface area contributed by atoms with Gasteiger partial charge < -0.3 is 19.7 Å². The van der Waals surface area contributed by atoms with Gasteiger partial charge in [-0.25, -0.2) is 4.79 Å². The van der Waals surface area contributed by atoms with Crippen LogP contribution in [0.4, 0.5) is 10.5 Å². The second-order valence-corrected chi connectivity index (χ2v) is 7.10. The molecule has 2 aliphatic rings. The zero-order valence-electron chi connectivity index (χ0n) is 15.7. The maximum absolute atomic E-state index is 13.0. The average molecular weight is 391 g/mol. The van der Waals surface area contributed by atoms with Gasteiger partial charge in [-0.15, -0.1) is 0 Å². The minimum absolute atomic E-state index is 0.0773. The minimum atomic E-state index is -0.731. The first-order chi connectivity index (χ1) is 13.5. The molecule has 3 rings (SSSR count). The van der Waals surface area contributed by atoms with Crippen molar-refractivity contribution in [1.29, 1.82) is 0 Å². The molecule has 9 heteroatoms. The molecule has 1 aliphatic heterocycles. The van der Waals surface area contributed by atoms with Crippen LogP contribution in [-0.2, 0) is 9.53 Å². The second kappa shape index (κ2) is 9.50. The second-order valence-electron chi connectivity index (χ2n) is 7.10. The summed E-state index contributed by atoms with van der Waals surface area (Å²) >= 11 is 0. The van der Waals surface area contributed by atoms with Crippen LogP contribution in [0.3, 0.4) is 0 Å². The molecule has 0 aromatic heterocycles. The number of non-ortho nitro benzene ring substituents is 1. The van der Waals surface area contributed by atoms with Crippen LogP contribution in [0.15, 0.2) is 24.3 Å². The molecule has 9 nitrogen and oxygen atoms in total. The van der Waals surface area contributed by atoms with Gasteiger partial charge >= 0.3 is 6.09 Å². The van der Waals surface area contributed by atoms with Gasteiger partial charge in [0.25, 0.3) is 5.69 Å². The monoisotopic (exact) mass is 391 g/mol. The number of benzene rings is 1. The van der Waals surface area contributed by atoms with Gasteiger partial charge in [0.05, 0.1) is 18.1 Å². The van der Waals surface area contributed by atoms with Crippen LogP contribution < -0.4 is 10.1 Å². The summed E-state index contributed by atoms with van der Waals surface area (Å²) in [5.41, 5.74) is -0.0877. The van der Waals surface area contributed by atoms with Gasteiger partial charge in [-0.3, -0.25) is 14.9 Å². The highest BCUT2D eigenvalue weighted by atomic mass is 16.6. The molecule has 1 N–H and O–H groups in total.